The van der Waals surface area contributed by atoms with Gasteiger partial charge in [0, 0.05) is 18.4 Å². The molecular weight excluding hydrogens is 320 g/mol. The Morgan fingerprint density at radius 2 is 2.00 bits per heavy atom. The number of carbonyl (C=O) groups is 3. The first-order valence-corrected chi connectivity index (χ1v) is 7.84. The fraction of sp³-hybridized carbons (Fsp3) is 0.211. The molecule has 2 amide bonds. The van der Waals surface area contributed by atoms with Gasteiger partial charge in [-0.3, -0.25) is 9.59 Å². The lowest BCUT2D eigenvalue weighted by molar-refractivity contribution is -0.117. The number of likely N-dealkylation sites (N-methyl/N-ethyl adjacent to an activating group) is 1. The third kappa shape index (κ3) is 3.52. The lowest BCUT2D eigenvalue weighted by atomic mass is 10.1. The topological polar surface area (TPSA) is 75.7 Å². The third-order valence-corrected chi connectivity index (χ3v) is 4.15. The lowest BCUT2D eigenvalue weighted by Crippen LogP contribution is -2.20. The number of nitrogens with one attached hydrogen (secondary N) is 1. The van der Waals surface area contributed by atoms with E-state index in [4.69, 9.17) is 0 Å². The Hall–Kier alpha value is -3.15. The number of methoxy groups -OCH3 is 1. The summed E-state index contributed by atoms with van der Waals surface area (Å²) < 4.78 is 4.67. The molecule has 0 saturated carbocycles. The zero-order valence-electron chi connectivity index (χ0n) is 14.0. The molecule has 0 aromatic heterocycles. The zero-order chi connectivity index (χ0) is 18.0. The van der Waals surface area contributed by atoms with Crippen LogP contribution in [0.5, 0.6) is 0 Å². The molecule has 2 aromatic carbocycles. The van der Waals surface area contributed by atoms with Crippen molar-refractivity contribution in [2.24, 2.45) is 0 Å². The Kier molecular flexibility index (Phi) is 4.52. The minimum atomic E-state index is -0.455. The second kappa shape index (κ2) is 6.76. The fourth-order valence-electron chi connectivity index (χ4n) is 2.87. The largest absolute Gasteiger partial charge is 0.465 e. The first-order chi connectivity index (χ1) is 12.0. The van der Waals surface area contributed by atoms with Crippen molar-refractivity contribution >= 4 is 29.2 Å². The highest BCUT2D eigenvalue weighted by Gasteiger charge is 2.24. The zero-order valence-corrected chi connectivity index (χ0v) is 14.0. The van der Waals surface area contributed by atoms with Crippen LogP contribution in [0.1, 0.15) is 21.5 Å². The molecule has 1 heterocycles. The Morgan fingerprint density at radius 3 is 2.76 bits per heavy atom. The first-order valence-electron chi connectivity index (χ1n) is 7.84. The fourth-order valence-corrected chi connectivity index (χ4v) is 2.87. The van der Waals surface area contributed by atoms with Crippen LogP contribution in [0.4, 0.5) is 11.4 Å². The molecule has 0 bridgehead atoms. The van der Waals surface area contributed by atoms with Gasteiger partial charge in [0.15, 0.2) is 0 Å². The molecule has 0 atom stereocenters. The molecule has 0 radical (unpaired) electrons. The van der Waals surface area contributed by atoms with Gasteiger partial charge in [-0.25, -0.2) is 4.79 Å². The van der Waals surface area contributed by atoms with Gasteiger partial charge in [-0.05, 0) is 35.4 Å². The molecule has 1 aliphatic rings. The van der Waals surface area contributed by atoms with E-state index in [1.807, 2.05) is 18.2 Å². The molecule has 3 rings (SSSR count). The minimum Gasteiger partial charge on any atom is -0.465 e. The number of nitrogens with zero attached hydrogens (tertiary/aromatic N) is 1. The Balaban J connectivity index is 1.69. The summed E-state index contributed by atoms with van der Waals surface area (Å²) >= 11 is 0. The smallest absolute Gasteiger partial charge is 0.337 e. The third-order valence-electron chi connectivity index (χ3n) is 4.15. The normalized spacial score (nSPS) is 12.7. The van der Waals surface area contributed by atoms with Crippen LogP contribution in [0.15, 0.2) is 42.5 Å². The van der Waals surface area contributed by atoms with Crippen molar-refractivity contribution in [2.75, 3.05) is 24.4 Å². The van der Waals surface area contributed by atoms with E-state index in [1.54, 1.807) is 36.2 Å². The summed E-state index contributed by atoms with van der Waals surface area (Å²) in [6.07, 6.45) is 0.552. The molecule has 0 unspecified atom stereocenters. The molecular formula is C19H18N2O4. The number of anilines is 2. The van der Waals surface area contributed by atoms with Crippen LogP contribution >= 0.6 is 0 Å². The van der Waals surface area contributed by atoms with E-state index in [-0.39, 0.29) is 18.2 Å². The monoisotopic (exact) mass is 338 g/mol. The summed E-state index contributed by atoms with van der Waals surface area (Å²) in [5, 5.41) is 2.77. The summed E-state index contributed by atoms with van der Waals surface area (Å²) in [6.45, 7) is 0. The number of amides is 2. The molecule has 1 aliphatic heterocycles. The van der Waals surface area contributed by atoms with Crippen molar-refractivity contribution in [1.82, 2.24) is 0 Å². The van der Waals surface area contributed by atoms with E-state index in [0.29, 0.717) is 17.7 Å². The van der Waals surface area contributed by atoms with Gasteiger partial charge < -0.3 is 15.0 Å². The van der Waals surface area contributed by atoms with Crippen LogP contribution in [0.2, 0.25) is 0 Å². The molecule has 0 saturated heterocycles. The van der Waals surface area contributed by atoms with E-state index in [0.717, 1.165) is 16.8 Å². The van der Waals surface area contributed by atoms with E-state index in [1.165, 1.54) is 7.11 Å². The molecule has 6 nitrogen and oxygen atoms in total. The van der Waals surface area contributed by atoms with Crippen molar-refractivity contribution in [3.8, 4) is 0 Å². The average molecular weight is 338 g/mol. The number of hydrogen-bond acceptors (Lipinski definition) is 4. The van der Waals surface area contributed by atoms with Crippen LogP contribution in [-0.4, -0.2) is 31.9 Å². The molecule has 0 aliphatic carbocycles. The van der Waals surface area contributed by atoms with E-state index < -0.39 is 5.97 Å². The molecule has 0 spiro atoms. The van der Waals surface area contributed by atoms with Crippen molar-refractivity contribution in [1.29, 1.82) is 0 Å². The maximum absolute atomic E-state index is 12.3. The van der Waals surface area contributed by atoms with Gasteiger partial charge >= 0.3 is 5.97 Å². The summed E-state index contributed by atoms with van der Waals surface area (Å²) in [4.78, 5) is 37.1. The second-order valence-electron chi connectivity index (χ2n) is 5.89. The van der Waals surface area contributed by atoms with Gasteiger partial charge in [-0.2, -0.15) is 0 Å². The summed E-state index contributed by atoms with van der Waals surface area (Å²) in [5.74, 6) is -0.598. The van der Waals surface area contributed by atoms with Gasteiger partial charge in [-0.15, -0.1) is 0 Å². The molecule has 25 heavy (non-hydrogen) atoms. The highest BCUT2D eigenvalue weighted by Crippen LogP contribution is 2.28. The van der Waals surface area contributed by atoms with Crippen LogP contribution < -0.4 is 10.2 Å². The van der Waals surface area contributed by atoms with Crippen LogP contribution in [-0.2, 0) is 27.2 Å². The van der Waals surface area contributed by atoms with Crippen LogP contribution in [0.25, 0.3) is 0 Å². The van der Waals surface area contributed by atoms with Gasteiger partial charge in [-0.1, -0.05) is 18.2 Å². The predicted molar refractivity (Wildman–Crippen MR) is 93.7 cm³/mol. The van der Waals surface area contributed by atoms with Crippen molar-refractivity contribution in [2.45, 2.75) is 12.8 Å². The van der Waals surface area contributed by atoms with Gasteiger partial charge in [0.2, 0.25) is 11.8 Å². The molecule has 0 fully saturated rings. The maximum Gasteiger partial charge on any atom is 0.337 e. The highest BCUT2D eigenvalue weighted by molar-refractivity contribution is 6.01. The SMILES string of the molecule is COC(=O)c1cccc(NC(=O)Cc2ccc3c(c2)CC(=O)N3C)c1. The van der Waals surface area contributed by atoms with Crippen molar-refractivity contribution in [3.63, 3.8) is 0 Å². The number of benzene rings is 2. The van der Waals surface area contributed by atoms with Crippen LogP contribution in [0.3, 0.4) is 0 Å². The number of carbonyl (C=O) groups excluding carboxylic acids is 3. The summed E-state index contributed by atoms with van der Waals surface area (Å²) in [7, 11) is 3.05. The first kappa shape index (κ1) is 16.7. The molecule has 6 heteroatoms. The maximum atomic E-state index is 12.3. The number of rotatable bonds is 4. The number of hydrogen-bond donors (Lipinski definition) is 1. The standard InChI is InChI=1S/C19H18N2O4/c1-21-16-7-6-12(8-14(16)11-18(21)23)9-17(22)20-15-5-3-4-13(10-15)19(24)25-2/h3-8,10H,9,11H2,1-2H3,(H,20,22). The average Bonchev–Trinajstić information content (AvgIpc) is 2.88. The quantitative estimate of drug-likeness (QED) is 0.867. The predicted octanol–water partition coefficient (Wildman–Crippen LogP) is 2.17. The molecule has 128 valence electrons. The van der Waals surface area contributed by atoms with Crippen molar-refractivity contribution < 1.29 is 19.1 Å². The van der Waals surface area contributed by atoms with Gasteiger partial charge in [0.1, 0.15) is 0 Å². The Bertz CT molecular complexity index is 860. The molecule has 1 N–H and O–H groups in total. The van der Waals surface area contributed by atoms with E-state index in [9.17, 15) is 14.4 Å². The van der Waals surface area contributed by atoms with Gasteiger partial charge in [0.05, 0.1) is 25.5 Å². The number of fused-ring (bicyclic) bond motifs is 1. The number of ether oxygens (including phenoxy) is 1. The number of esters is 1. The second-order valence-corrected chi connectivity index (χ2v) is 5.89. The Labute approximate surface area is 145 Å². The summed E-state index contributed by atoms with van der Waals surface area (Å²) in [6, 6.07) is 12.2. The Morgan fingerprint density at radius 1 is 1.20 bits per heavy atom. The highest BCUT2D eigenvalue weighted by atomic mass is 16.5. The van der Waals surface area contributed by atoms with Gasteiger partial charge in [0.25, 0.3) is 0 Å². The van der Waals surface area contributed by atoms with E-state index >= 15 is 0 Å². The lowest BCUT2D eigenvalue weighted by Gasteiger charge is -2.11. The molecule has 2 aromatic rings. The summed E-state index contributed by atoms with van der Waals surface area (Å²) in [5.41, 5.74) is 3.57. The van der Waals surface area contributed by atoms with Crippen molar-refractivity contribution in [3.05, 3.63) is 59.2 Å². The van der Waals surface area contributed by atoms with E-state index in [2.05, 4.69) is 10.1 Å². The minimum absolute atomic E-state index is 0.0521. The van der Waals surface area contributed by atoms with Crippen LogP contribution in [0, 0.1) is 0 Å².